The summed E-state index contributed by atoms with van der Waals surface area (Å²) in [6.45, 7) is 6.27. The number of rotatable bonds is 5. The monoisotopic (exact) mass is 354 g/mol. The van der Waals surface area contributed by atoms with Gasteiger partial charge in [-0.3, -0.25) is 9.79 Å². The van der Waals surface area contributed by atoms with Crippen LogP contribution in [0.15, 0.2) is 41.4 Å². The SMILES string of the molecule is Cc1cc(C)cc(CNC(=O)c2ccc(F)c(CNC3=NCCN3)c2)c1. The first kappa shape index (κ1) is 17.9. The average Bonchev–Trinajstić information content (AvgIpc) is 3.11. The fourth-order valence-corrected chi connectivity index (χ4v) is 3.00. The predicted molar refractivity (Wildman–Crippen MR) is 101 cm³/mol. The molecule has 2 aromatic rings. The zero-order valence-electron chi connectivity index (χ0n) is 15.0. The van der Waals surface area contributed by atoms with Gasteiger partial charge in [0.15, 0.2) is 5.96 Å². The number of carbonyl (C=O) groups is 1. The summed E-state index contributed by atoms with van der Waals surface area (Å²) in [4.78, 5) is 16.6. The Kier molecular flexibility index (Phi) is 5.51. The molecule has 3 rings (SSSR count). The molecule has 1 aliphatic heterocycles. The summed E-state index contributed by atoms with van der Waals surface area (Å²) in [5.74, 6) is 0.0952. The molecule has 2 aromatic carbocycles. The minimum atomic E-state index is -0.345. The maximum Gasteiger partial charge on any atom is 0.251 e. The molecule has 5 nitrogen and oxygen atoms in total. The summed E-state index contributed by atoms with van der Waals surface area (Å²) in [5.41, 5.74) is 4.24. The van der Waals surface area contributed by atoms with Gasteiger partial charge in [0.05, 0.1) is 6.54 Å². The maximum absolute atomic E-state index is 14.0. The van der Waals surface area contributed by atoms with Crippen LogP contribution in [0.1, 0.15) is 32.6 Å². The Morgan fingerprint density at radius 2 is 1.92 bits per heavy atom. The van der Waals surface area contributed by atoms with Crippen LogP contribution >= 0.6 is 0 Å². The number of aryl methyl sites for hydroxylation is 2. The Hall–Kier alpha value is -2.89. The van der Waals surface area contributed by atoms with Crippen molar-refractivity contribution in [2.24, 2.45) is 4.99 Å². The third kappa shape index (κ3) is 4.59. The molecule has 3 N–H and O–H groups in total. The van der Waals surface area contributed by atoms with Crippen LogP contribution in [0.5, 0.6) is 0 Å². The lowest BCUT2D eigenvalue weighted by Crippen LogP contribution is -2.33. The van der Waals surface area contributed by atoms with Gasteiger partial charge in [0, 0.05) is 30.8 Å². The van der Waals surface area contributed by atoms with Gasteiger partial charge in [-0.25, -0.2) is 4.39 Å². The molecule has 0 aromatic heterocycles. The Balaban J connectivity index is 1.64. The number of amides is 1. The third-order valence-corrected chi connectivity index (χ3v) is 4.16. The number of hydrogen-bond donors (Lipinski definition) is 3. The zero-order chi connectivity index (χ0) is 18.5. The molecule has 136 valence electrons. The van der Waals surface area contributed by atoms with Crippen LogP contribution in [-0.2, 0) is 13.1 Å². The molecule has 26 heavy (non-hydrogen) atoms. The van der Waals surface area contributed by atoms with Crippen molar-refractivity contribution in [3.05, 3.63) is 70.0 Å². The van der Waals surface area contributed by atoms with E-state index >= 15 is 0 Å². The fourth-order valence-electron chi connectivity index (χ4n) is 3.00. The molecule has 0 radical (unpaired) electrons. The topological polar surface area (TPSA) is 65.5 Å². The molecule has 0 aliphatic carbocycles. The first-order valence-corrected chi connectivity index (χ1v) is 8.67. The van der Waals surface area contributed by atoms with Crippen molar-refractivity contribution >= 4 is 11.9 Å². The standard InChI is InChI=1S/C20H23FN4O/c1-13-7-14(2)9-15(8-13)11-24-19(26)16-3-4-18(21)17(10-16)12-25-20-22-5-6-23-20/h3-4,7-10H,5-6,11-12H2,1-2H3,(H,24,26)(H2,22,23,25). The van der Waals surface area contributed by atoms with Gasteiger partial charge in [0.25, 0.3) is 5.91 Å². The van der Waals surface area contributed by atoms with Gasteiger partial charge in [-0.1, -0.05) is 29.3 Å². The Bertz CT molecular complexity index is 827. The number of carbonyl (C=O) groups excluding carboxylic acids is 1. The number of nitrogens with one attached hydrogen (secondary N) is 3. The van der Waals surface area contributed by atoms with Crippen molar-refractivity contribution in [2.75, 3.05) is 13.1 Å². The van der Waals surface area contributed by atoms with Crippen molar-refractivity contribution in [3.8, 4) is 0 Å². The second kappa shape index (κ2) is 7.99. The Morgan fingerprint density at radius 1 is 1.15 bits per heavy atom. The number of hydrogen-bond acceptors (Lipinski definition) is 4. The van der Waals surface area contributed by atoms with Crippen LogP contribution in [0.3, 0.4) is 0 Å². The van der Waals surface area contributed by atoms with E-state index in [1.807, 2.05) is 26.0 Å². The molecule has 0 saturated heterocycles. The summed E-state index contributed by atoms with van der Waals surface area (Å²) in [6, 6.07) is 10.6. The molecule has 0 saturated carbocycles. The predicted octanol–water partition coefficient (Wildman–Crippen LogP) is 2.42. The molecule has 1 aliphatic rings. The van der Waals surface area contributed by atoms with Gasteiger partial charge >= 0.3 is 0 Å². The average molecular weight is 354 g/mol. The fraction of sp³-hybridized carbons (Fsp3) is 0.300. The van der Waals surface area contributed by atoms with Gasteiger partial charge < -0.3 is 16.0 Å². The van der Waals surface area contributed by atoms with Gasteiger partial charge in [-0.05, 0) is 37.6 Å². The van der Waals surface area contributed by atoms with E-state index in [2.05, 4.69) is 27.0 Å². The van der Waals surface area contributed by atoms with E-state index in [1.165, 1.54) is 12.1 Å². The summed E-state index contributed by atoms with van der Waals surface area (Å²) in [6.07, 6.45) is 0. The maximum atomic E-state index is 14.0. The zero-order valence-corrected chi connectivity index (χ0v) is 15.0. The van der Waals surface area contributed by atoms with Crippen molar-refractivity contribution in [2.45, 2.75) is 26.9 Å². The largest absolute Gasteiger partial charge is 0.355 e. The summed E-state index contributed by atoms with van der Waals surface area (Å²) >= 11 is 0. The summed E-state index contributed by atoms with van der Waals surface area (Å²) < 4.78 is 14.0. The van der Waals surface area contributed by atoms with E-state index in [0.717, 1.165) is 23.2 Å². The van der Waals surface area contributed by atoms with Crippen molar-refractivity contribution in [3.63, 3.8) is 0 Å². The quantitative estimate of drug-likeness (QED) is 0.773. The minimum absolute atomic E-state index is 0.221. The van der Waals surface area contributed by atoms with Crippen LogP contribution in [-0.4, -0.2) is 25.0 Å². The second-order valence-electron chi connectivity index (χ2n) is 6.50. The van der Waals surface area contributed by atoms with Crippen LogP contribution in [0, 0.1) is 19.7 Å². The highest BCUT2D eigenvalue weighted by Crippen LogP contribution is 2.12. The Morgan fingerprint density at radius 3 is 2.62 bits per heavy atom. The lowest BCUT2D eigenvalue weighted by Gasteiger charge is -2.11. The molecule has 1 heterocycles. The van der Waals surface area contributed by atoms with E-state index < -0.39 is 0 Å². The van der Waals surface area contributed by atoms with Crippen molar-refractivity contribution in [1.82, 2.24) is 16.0 Å². The first-order valence-electron chi connectivity index (χ1n) is 8.67. The molecular formula is C20H23FN4O. The van der Waals surface area contributed by atoms with Crippen LogP contribution in [0.25, 0.3) is 0 Å². The molecule has 0 bridgehead atoms. The van der Waals surface area contributed by atoms with E-state index in [4.69, 9.17) is 0 Å². The normalized spacial score (nSPS) is 13.1. The van der Waals surface area contributed by atoms with E-state index in [9.17, 15) is 9.18 Å². The van der Waals surface area contributed by atoms with Gasteiger partial charge in [0.2, 0.25) is 0 Å². The molecule has 0 unspecified atom stereocenters. The first-order chi connectivity index (χ1) is 12.5. The molecule has 6 heteroatoms. The van der Waals surface area contributed by atoms with Crippen molar-refractivity contribution < 1.29 is 9.18 Å². The number of guanidine groups is 1. The molecule has 0 spiro atoms. The molecule has 0 atom stereocenters. The lowest BCUT2D eigenvalue weighted by atomic mass is 10.1. The van der Waals surface area contributed by atoms with Crippen LogP contribution < -0.4 is 16.0 Å². The number of aliphatic imine (C=N–C) groups is 1. The minimum Gasteiger partial charge on any atom is -0.355 e. The highest BCUT2D eigenvalue weighted by molar-refractivity contribution is 5.94. The number of nitrogens with zero attached hydrogens (tertiary/aromatic N) is 1. The number of benzene rings is 2. The van der Waals surface area contributed by atoms with E-state index in [1.54, 1.807) is 6.07 Å². The smallest absolute Gasteiger partial charge is 0.251 e. The van der Waals surface area contributed by atoms with Crippen LogP contribution in [0.4, 0.5) is 4.39 Å². The molecule has 0 fully saturated rings. The van der Waals surface area contributed by atoms with Gasteiger partial charge in [0.1, 0.15) is 5.82 Å². The highest BCUT2D eigenvalue weighted by atomic mass is 19.1. The molecular weight excluding hydrogens is 331 g/mol. The highest BCUT2D eigenvalue weighted by Gasteiger charge is 2.11. The third-order valence-electron chi connectivity index (χ3n) is 4.16. The second-order valence-corrected chi connectivity index (χ2v) is 6.50. The van der Waals surface area contributed by atoms with E-state index in [0.29, 0.717) is 30.2 Å². The van der Waals surface area contributed by atoms with Crippen LogP contribution in [0.2, 0.25) is 0 Å². The summed E-state index contributed by atoms with van der Waals surface area (Å²) in [7, 11) is 0. The summed E-state index contributed by atoms with van der Waals surface area (Å²) in [5, 5.41) is 9.01. The van der Waals surface area contributed by atoms with Gasteiger partial charge in [-0.2, -0.15) is 0 Å². The number of halogens is 1. The van der Waals surface area contributed by atoms with Gasteiger partial charge in [-0.15, -0.1) is 0 Å². The Labute approximate surface area is 152 Å². The molecule has 1 amide bonds. The van der Waals surface area contributed by atoms with Crippen molar-refractivity contribution in [1.29, 1.82) is 0 Å². The lowest BCUT2D eigenvalue weighted by molar-refractivity contribution is 0.0950. The van der Waals surface area contributed by atoms with E-state index in [-0.39, 0.29) is 18.3 Å².